The van der Waals surface area contributed by atoms with E-state index in [-0.39, 0.29) is 18.2 Å². The number of fused-ring (bicyclic) bond motifs is 1. The van der Waals surface area contributed by atoms with Gasteiger partial charge in [0.25, 0.3) is 0 Å². The van der Waals surface area contributed by atoms with Gasteiger partial charge < -0.3 is 20.3 Å². The van der Waals surface area contributed by atoms with Gasteiger partial charge in [0.1, 0.15) is 12.4 Å². The number of carboxylic acid groups (broad SMARTS) is 1. The van der Waals surface area contributed by atoms with Crippen molar-refractivity contribution in [2.75, 3.05) is 18.5 Å². The van der Waals surface area contributed by atoms with Gasteiger partial charge in [0.05, 0.1) is 17.3 Å². The minimum absolute atomic E-state index is 0.170. The molecule has 0 spiro atoms. The van der Waals surface area contributed by atoms with Gasteiger partial charge in [-0.2, -0.15) is 0 Å². The van der Waals surface area contributed by atoms with Crippen LogP contribution >= 0.6 is 0 Å². The number of benzene rings is 1. The van der Waals surface area contributed by atoms with E-state index in [9.17, 15) is 4.79 Å². The molecule has 1 aromatic carbocycles. The van der Waals surface area contributed by atoms with E-state index in [2.05, 4.69) is 5.32 Å². The quantitative estimate of drug-likeness (QED) is 0.736. The Hall–Kier alpha value is -1.75. The van der Waals surface area contributed by atoms with Gasteiger partial charge in [0.15, 0.2) is 0 Å². The van der Waals surface area contributed by atoms with E-state index in [0.717, 1.165) is 18.5 Å². The maximum atomic E-state index is 10.8. The summed E-state index contributed by atoms with van der Waals surface area (Å²) in [5, 5.41) is 20.9. The number of nitrogens with one attached hydrogen (secondary N) is 1. The van der Waals surface area contributed by atoms with E-state index in [0.29, 0.717) is 12.4 Å². The zero-order valence-electron chi connectivity index (χ0n) is 9.35. The number of anilines is 1. The van der Waals surface area contributed by atoms with Crippen LogP contribution in [0.25, 0.3) is 0 Å². The molecular weight excluding hydrogens is 222 g/mol. The maximum absolute atomic E-state index is 10.8. The fourth-order valence-corrected chi connectivity index (χ4v) is 1.84. The van der Waals surface area contributed by atoms with E-state index >= 15 is 0 Å². The van der Waals surface area contributed by atoms with Crippen molar-refractivity contribution in [1.82, 2.24) is 0 Å². The second-order valence-electron chi connectivity index (χ2n) is 4.03. The Kier molecular flexibility index (Phi) is 3.49. The lowest BCUT2D eigenvalue weighted by Gasteiger charge is -2.27. The minimum atomic E-state index is -0.959. The average Bonchev–Trinajstić information content (AvgIpc) is 2.35. The first-order valence-electron chi connectivity index (χ1n) is 5.58. The zero-order valence-corrected chi connectivity index (χ0v) is 9.35. The second kappa shape index (κ2) is 5.05. The van der Waals surface area contributed by atoms with Crippen LogP contribution in [0.5, 0.6) is 5.75 Å². The molecule has 5 heteroatoms. The summed E-state index contributed by atoms with van der Waals surface area (Å²) in [6.07, 6.45) is 1.56. The lowest BCUT2D eigenvalue weighted by Crippen LogP contribution is -2.31. The lowest BCUT2D eigenvalue weighted by molar-refractivity contribution is 0.0696. The van der Waals surface area contributed by atoms with Gasteiger partial charge in [0.2, 0.25) is 0 Å². The van der Waals surface area contributed by atoms with Crippen LogP contribution in [0.2, 0.25) is 0 Å². The van der Waals surface area contributed by atoms with E-state index in [4.69, 9.17) is 14.9 Å². The highest BCUT2D eigenvalue weighted by Crippen LogP contribution is 2.30. The van der Waals surface area contributed by atoms with Crippen molar-refractivity contribution < 1.29 is 19.7 Å². The van der Waals surface area contributed by atoms with Crippen LogP contribution in [0, 0.1) is 0 Å². The highest BCUT2D eigenvalue weighted by Gasteiger charge is 2.19. The highest BCUT2D eigenvalue weighted by atomic mass is 16.5. The number of rotatable bonds is 4. The highest BCUT2D eigenvalue weighted by molar-refractivity contribution is 5.89. The largest absolute Gasteiger partial charge is 0.489 e. The van der Waals surface area contributed by atoms with Crippen molar-refractivity contribution in [3.63, 3.8) is 0 Å². The number of carboxylic acids is 1. The third kappa shape index (κ3) is 2.68. The summed E-state index contributed by atoms with van der Waals surface area (Å²) >= 11 is 0. The van der Waals surface area contributed by atoms with Gasteiger partial charge in [-0.05, 0) is 31.0 Å². The van der Waals surface area contributed by atoms with E-state index in [1.54, 1.807) is 12.1 Å². The lowest BCUT2D eigenvalue weighted by atomic mass is 10.1. The molecule has 0 radical (unpaired) electrons. The van der Waals surface area contributed by atoms with Gasteiger partial charge in [0, 0.05) is 6.61 Å². The minimum Gasteiger partial charge on any atom is -0.489 e. The summed E-state index contributed by atoms with van der Waals surface area (Å²) in [6.45, 7) is 0.666. The van der Waals surface area contributed by atoms with Crippen LogP contribution in [0.4, 0.5) is 5.69 Å². The Labute approximate surface area is 99.0 Å². The van der Waals surface area contributed by atoms with Crippen molar-refractivity contribution >= 4 is 11.7 Å². The molecule has 5 nitrogen and oxygen atoms in total. The number of ether oxygens (including phenoxy) is 1. The second-order valence-corrected chi connectivity index (χ2v) is 4.03. The van der Waals surface area contributed by atoms with Gasteiger partial charge in [-0.15, -0.1) is 0 Å². The van der Waals surface area contributed by atoms with Crippen LogP contribution < -0.4 is 10.1 Å². The molecule has 1 aliphatic rings. The molecule has 0 aliphatic carbocycles. The third-order valence-electron chi connectivity index (χ3n) is 2.74. The number of hydrogen-bond donors (Lipinski definition) is 3. The number of hydrogen-bond acceptors (Lipinski definition) is 4. The van der Waals surface area contributed by atoms with Crippen molar-refractivity contribution in [3.8, 4) is 5.75 Å². The summed E-state index contributed by atoms with van der Waals surface area (Å²) in [5.41, 5.74) is 1.03. The number of carbonyl (C=O) groups is 1. The molecule has 17 heavy (non-hydrogen) atoms. The predicted molar refractivity (Wildman–Crippen MR) is 62.6 cm³/mol. The van der Waals surface area contributed by atoms with Crippen molar-refractivity contribution in [2.24, 2.45) is 0 Å². The molecule has 1 unspecified atom stereocenters. The van der Waals surface area contributed by atoms with E-state index in [1.165, 1.54) is 6.07 Å². The van der Waals surface area contributed by atoms with Crippen molar-refractivity contribution in [2.45, 2.75) is 18.9 Å². The summed E-state index contributed by atoms with van der Waals surface area (Å²) < 4.78 is 5.52. The molecule has 1 aromatic rings. The van der Waals surface area contributed by atoms with Gasteiger partial charge >= 0.3 is 5.97 Å². The first-order valence-corrected chi connectivity index (χ1v) is 5.58. The van der Waals surface area contributed by atoms with Gasteiger partial charge in [-0.1, -0.05) is 0 Å². The first-order chi connectivity index (χ1) is 8.20. The Morgan fingerprint density at radius 1 is 1.53 bits per heavy atom. The fourth-order valence-electron chi connectivity index (χ4n) is 1.84. The molecule has 0 aromatic heterocycles. The number of aliphatic hydroxyl groups excluding tert-OH is 1. The Morgan fingerprint density at radius 3 is 3.06 bits per heavy atom. The van der Waals surface area contributed by atoms with Crippen LogP contribution in [0.3, 0.4) is 0 Å². The molecule has 1 aliphatic heterocycles. The standard InChI is InChI=1S/C12H15NO4/c14-5-1-2-9-7-17-11-6-8(12(15)16)3-4-10(11)13-9/h3-4,6,9,13-14H,1-2,5,7H2,(H,15,16). The Bertz CT molecular complexity index is 419. The van der Waals surface area contributed by atoms with Crippen LogP contribution in [0.15, 0.2) is 18.2 Å². The van der Waals surface area contributed by atoms with Crippen LogP contribution in [0.1, 0.15) is 23.2 Å². The summed E-state index contributed by atoms with van der Waals surface area (Å²) in [5.74, 6) is -0.385. The molecule has 3 N–H and O–H groups in total. The van der Waals surface area contributed by atoms with E-state index in [1.807, 2.05) is 0 Å². The topological polar surface area (TPSA) is 78.8 Å². The smallest absolute Gasteiger partial charge is 0.335 e. The Balaban J connectivity index is 2.09. The molecule has 92 valence electrons. The van der Waals surface area contributed by atoms with Crippen LogP contribution in [-0.4, -0.2) is 35.4 Å². The van der Waals surface area contributed by atoms with Crippen molar-refractivity contribution in [1.29, 1.82) is 0 Å². The fraction of sp³-hybridized carbons (Fsp3) is 0.417. The molecule has 0 saturated heterocycles. The predicted octanol–water partition coefficient (Wildman–Crippen LogP) is 1.33. The summed E-state index contributed by atoms with van der Waals surface area (Å²) in [6, 6.07) is 4.95. The summed E-state index contributed by atoms with van der Waals surface area (Å²) in [4.78, 5) is 10.8. The number of aliphatic hydroxyl groups is 1. The van der Waals surface area contributed by atoms with E-state index < -0.39 is 5.97 Å². The summed E-state index contributed by atoms with van der Waals surface area (Å²) in [7, 11) is 0. The van der Waals surface area contributed by atoms with Crippen LogP contribution in [-0.2, 0) is 0 Å². The molecule has 0 saturated carbocycles. The van der Waals surface area contributed by atoms with Gasteiger partial charge in [-0.25, -0.2) is 4.79 Å². The molecule has 1 heterocycles. The molecule has 2 rings (SSSR count). The average molecular weight is 237 g/mol. The molecule has 1 atom stereocenters. The normalized spacial score (nSPS) is 17.8. The third-order valence-corrected chi connectivity index (χ3v) is 2.74. The van der Waals surface area contributed by atoms with Gasteiger partial charge in [-0.3, -0.25) is 0 Å². The zero-order chi connectivity index (χ0) is 12.3. The van der Waals surface area contributed by atoms with Crippen molar-refractivity contribution in [3.05, 3.63) is 23.8 Å². The molecule has 0 fully saturated rings. The Morgan fingerprint density at radius 2 is 2.35 bits per heavy atom. The molecular formula is C12H15NO4. The molecule has 0 bridgehead atoms. The first kappa shape index (κ1) is 11.7. The number of aromatic carboxylic acids is 1. The monoisotopic (exact) mass is 237 g/mol. The maximum Gasteiger partial charge on any atom is 0.335 e. The molecule has 0 amide bonds. The SMILES string of the molecule is O=C(O)c1ccc2c(c1)OCC(CCCO)N2.